The van der Waals surface area contributed by atoms with Gasteiger partial charge in [0.1, 0.15) is 13.1 Å². The van der Waals surface area contributed by atoms with Crippen LogP contribution in [0.25, 0.3) is 0 Å². The Hall–Kier alpha value is -0.320. The second kappa shape index (κ2) is 3.82. The van der Waals surface area contributed by atoms with Gasteiger partial charge in [-0.3, -0.25) is 0 Å². The van der Waals surface area contributed by atoms with E-state index in [-0.39, 0.29) is 0 Å². The molecule has 70 valence electrons. The lowest BCUT2D eigenvalue weighted by molar-refractivity contribution is -0.547. The summed E-state index contributed by atoms with van der Waals surface area (Å²) < 4.78 is 7.42. The van der Waals surface area contributed by atoms with Gasteiger partial charge in [-0.15, -0.1) is 0 Å². The van der Waals surface area contributed by atoms with Crippen LogP contribution in [0.1, 0.15) is 0 Å². The van der Waals surface area contributed by atoms with Crippen LogP contribution in [0.5, 0.6) is 0 Å². The highest BCUT2D eigenvalue weighted by Gasteiger charge is 2.28. The summed E-state index contributed by atoms with van der Waals surface area (Å²) in [5.74, 6) is 0. The van der Waals surface area contributed by atoms with Crippen LogP contribution >= 0.6 is 23.4 Å². The monoisotopic (exact) mass is 217 g/mol. The number of rotatable bonds is 0. The number of halogens is 1. The Bertz CT molecular complexity index is 303. The highest BCUT2D eigenvalue weighted by atomic mass is 35.5. The fraction of sp³-hybridized carbons (Fsp3) is 0.500. The molecule has 3 nitrogen and oxygen atoms in total. The van der Waals surface area contributed by atoms with E-state index >= 15 is 0 Å². The van der Waals surface area contributed by atoms with Gasteiger partial charge in [-0.1, -0.05) is 6.58 Å². The Balaban J connectivity index is 2.20. The molecule has 0 saturated carbocycles. The number of amidine groups is 1. The molecule has 2 rings (SSSR count). The summed E-state index contributed by atoms with van der Waals surface area (Å²) in [6.07, 6.45) is 0. The number of ether oxygens (including phenoxy) is 1. The van der Waals surface area contributed by atoms with Crippen LogP contribution in [0.3, 0.4) is 0 Å². The fourth-order valence-corrected chi connectivity index (χ4v) is 2.26. The lowest BCUT2D eigenvalue weighted by atomic mass is 10.5. The second-order valence-corrected chi connectivity index (χ2v) is 4.23. The topological polar surface area (TPSA) is 24.6 Å². The summed E-state index contributed by atoms with van der Waals surface area (Å²) in [6.45, 7) is 7.12. The van der Waals surface area contributed by atoms with E-state index in [0.717, 1.165) is 36.4 Å². The van der Waals surface area contributed by atoms with E-state index in [1.165, 1.54) is 11.8 Å². The molecule has 0 spiro atoms. The minimum Gasteiger partial charge on any atom is -0.373 e. The van der Waals surface area contributed by atoms with Crippen molar-refractivity contribution < 1.29 is 9.31 Å². The first-order chi connectivity index (χ1) is 6.27. The summed E-state index contributed by atoms with van der Waals surface area (Å²) in [5.41, 5.74) is 0. The Kier molecular flexibility index (Phi) is 2.71. The van der Waals surface area contributed by atoms with Crippen molar-refractivity contribution in [3.8, 4) is 0 Å². The highest BCUT2D eigenvalue weighted by Crippen LogP contribution is 2.27. The predicted molar refractivity (Wildman–Crippen MR) is 55.8 cm³/mol. The first-order valence-electron chi connectivity index (χ1n) is 4.08. The van der Waals surface area contributed by atoms with Gasteiger partial charge >= 0.3 is 5.17 Å². The van der Waals surface area contributed by atoms with Crippen LogP contribution in [0.4, 0.5) is 0 Å². The summed E-state index contributed by atoms with van der Waals surface area (Å²) in [6, 6.07) is 0. The molecular weight excluding hydrogens is 208 g/mol. The molecule has 0 unspecified atom stereocenters. The predicted octanol–water partition coefficient (Wildman–Crippen LogP) is 1.28. The molecule has 0 radical (unpaired) electrons. The number of allylic oxidation sites excluding steroid dienone is 1. The van der Waals surface area contributed by atoms with Crippen molar-refractivity contribution in [2.75, 3.05) is 26.3 Å². The van der Waals surface area contributed by atoms with Gasteiger partial charge < -0.3 is 4.74 Å². The van der Waals surface area contributed by atoms with Gasteiger partial charge in [-0.2, -0.15) is 0 Å². The fourth-order valence-electron chi connectivity index (χ4n) is 1.21. The lowest BCUT2D eigenvalue weighted by Gasteiger charge is -2.13. The van der Waals surface area contributed by atoms with Crippen LogP contribution in [-0.2, 0) is 4.74 Å². The maximum absolute atomic E-state index is 5.83. The van der Waals surface area contributed by atoms with Crippen molar-refractivity contribution in [1.29, 1.82) is 0 Å². The van der Waals surface area contributed by atoms with Crippen molar-refractivity contribution in [1.82, 2.24) is 0 Å². The molecule has 0 aromatic heterocycles. The molecule has 2 aliphatic heterocycles. The van der Waals surface area contributed by atoms with Gasteiger partial charge in [-0.05, 0) is 16.6 Å². The summed E-state index contributed by atoms with van der Waals surface area (Å²) in [7, 11) is 0. The molecule has 0 amide bonds. The average molecular weight is 218 g/mol. The van der Waals surface area contributed by atoms with Crippen molar-refractivity contribution in [3.05, 3.63) is 11.5 Å². The van der Waals surface area contributed by atoms with Gasteiger partial charge in [0.25, 0.3) is 5.17 Å². The molecule has 1 saturated heterocycles. The van der Waals surface area contributed by atoms with E-state index in [4.69, 9.17) is 16.3 Å². The molecule has 0 bridgehead atoms. The smallest absolute Gasteiger partial charge is 0.361 e. The lowest BCUT2D eigenvalue weighted by Crippen LogP contribution is -2.31. The number of thioether (sulfide) groups is 1. The molecule has 2 heterocycles. The second-order valence-electron chi connectivity index (χ2n) is 2.81. The molecule has 0 atom stereocenters. The number of hydrogen-bond donors (Lipinski definition) is 0. The Morgan fingerprint density at radius 3 is 2.69 bits per heavy atom. The maximum Gasteiger partial charge on any atom is 0.361 e. The van der Waals surface area contributed by atoms with Crippen molar-refractivity contribution in [2.45, 2.75) is 0 Å². The quantitative estimate of drug-likeness (QED) is 0.571. The Morgan fingerprint density at radius 2 is 2.15 bits per heavy atom. The molecule has 0 aromatic rings. The molecule has 2 aliphatic rings. The van der Waals surface area contributed by atoms with Crippen LogP contribution < -0.4 is 0 Å². The van der Waals surface area contributed by atoms with Gasteiger partial charge in [0.15, 0.2) is 0 Å². The van der Waals surface area contributed by atoms with Gasteiger partial charge in [0.2, 0.25) is 0 Å². The van der Waals surface area contributed by atoms with Crippen molar-refractivity contribution in [2.24, 2.45) is 4.99 Å². The average Bonchev–Trinajstić information content (AvgIpc) is 2.49. The van der Waals surface area contributed by atoms with Crippen LogP contribution in [0, 0.1) is 0 Å². The molecule has 0 aliphatic carbocycles. The summed E-state index contributed by atoms with van der Waals surface area (Å²) >= 11 is 7.36. The zero-order valence-electron chi connectivity index (χ0n) is 7.12. The maximum atomic E-state index is 5.83. The van der Waals surface area contributed by atoms with Gasteiger partial charge in [0, 0.05) is 11.8 Å². The van der Waals surface area contributed by atoms with Crippen LogP contribution in [0.2, 0.25) is 0 Å². The van der Waals surface area contributed by atoms with Crippen LogP contribution in [-0.4, -0.2) is 41.2 Å². The third kappa shape index (κ3) is 1.95. The van der Waals surface area contributed by atoms with Crippen molar-refractivity contribution >= 4 is 33.7 Å². The minimum absolute atomic E-state index is 0.520. The first kappa shape index (κ1) is 9.24. The largest absolute Gasteiger partial charge is 0.373 e. The summed E-state index contributed by atoms with van der Waals surface area (Å²) in [4.78, 5) is 5.06. The van der Waals surface area contributed by atoms with Crippen LogP contribution in [0.15, 0.2) is 16.5 Å². The van der Waals surface area contributed by atoms with E-state index in [0.29, 0.717) is 5.17 Å². The molecular formula is C8H10ClN2OS+. The third-order valence-electron chi connectivity index (χ3n) is 1.92. The number of aliphatic imine (C=N–C) groups is 1. The normalized spacial score (nSPS) is 23.8. The zero-order chi connectivity index (χ0) is 9.26. The first-order valence-corrected chi connectivity index (χ1v) is 5.28. The third-order valence-corrected chi connectivity index (χ3v) is 3.32. The number of morpholine rings is 1. The molecule has 5 heteroatoms. The van der Waals surface area contributed by atoms with E-state index in [1.807, 2.05) is 0 Å². The van der Waals surface area contributed by atoms with E-state index in [9.17, 15) is 0 Å². The van der Waals surface area contributed by atoms with Gasteiger partial charge in [0.05, 0.1) is 18.1 Å². The number of nitrogens with zero attached hydrogens (tertiary/aromatic N) is 2. The Morgan fingerprint density at radius 1 is 1.46 bits per heavy atom. The summed E-state index contributed by atoms with van der Waals surface area (Å²) in [5, 5.41) is 1.48. The molecule has 13 heavy (non-hydrogen) atoms. The van der Waals surface area contributed by atoms with Crippen molar-refractivity contribution in [3.63, 3.8) is 0 Å². The van der Waals surface area contributed by atoms with E-state index in [2.05, 4.69) is 16.1 Å². The minimum atomic E-state index is 0.520. The van der Waals surface area contributed by atoms with Gasteiger partial charge in [-0.25, -0.2) is 4.58 Å². The van der Waals surface area contributed by atoms with E-state index in [1.54, 1.807) is 0 Å². The Labute approximate surface area is 86.1 Å². The van der Waals surface area contributed by atoms with E-state index < -0.39 is 0 Å². The standard InChI is InChI=1S/C8H10ClN2OS/c1-6-7(9)10-8(13-6)11-2-4-12-5-3-11/h1-5H2/q+1. The SMILES string of the molecule is C=C1SC(=[N+]2CCOCC2)N=C1Cl. The molecule has 0 aromatic carbocycles. The molecule has 0 N–H and O–H groups in total. The number of hydrogen-bond acceptors (Lipinski definition) is 2. The molecule has 1 fully saturated rings. The highest BCUT2D eigenvalue weighted by molar-refractivity contribution is 8.18. The zero-order valence-corrected chi connectivity index (χ0v) is 8.70.